The zero-order valence-corrected chi connectivity index (χ0v) is 7.43. The molecule has 0 aliphatic carbocycles. The van der Waals surface area contributed by atoms with Crippen LogP contribution in [-0.4, -0.2) is 11.1 Å². The van der Waals surface area contributed by atoms with E-state index in [2.05, 4.69) is 15.9 Å². The van der Waals surface area contributed by atoms with Crippen molar-refractivity contribution in [3.63, 3.8) is 0 Å². The third kappa shape index (κ3) is 1.55. The van der Waals surface area contributed by atoms with Gasteiger partial charge in [0, 0.05) is 5.69 Å². The van der Waals surface area contributed by atoms with Crippen LogP contribution in [0, 0.1) is 5.82 Å². The predicted octanol–water partition coefficient (Wildman–Crippen LogP) is 1.87. The van der Waals surface area contributed by atoms with Crippen molar-refractivity contribution < 1.29 is 14.3 Å². The van der Waals surface area contributed by atoms with E-state index in [9.17, 15) is 9.18 Å². The molecule has 5 heteroatoms. The fourth-order valence-electron chi connectivity index (χ4n) is 0.766. The minimum Gasteiger partial charge on any atom is -0.478 e. The number of rotatable bonds is 1. The second kappa shape index (κ2) is 3.10. The second-order valence-electron chi connectivity index (χ2n) is 2.16. The van der Waals surface area contributed by atoms with E-state index in [-0.39, 0.29) is 15.7 Å². The molecule has 0 fully saturated rings. The van der Waals surface area contributed by atoms with Gasteiger partial charge in [0.2, 0.25) is 0 Å². The molecule has 0 spiro atoms. The van der Waals surface area contributed by atoms with E-state index in [1.54, 1.807) is 0 Å². The second-order valence-corrected chi connectivity index (χ2v) is 2.95. The average Bonchev–Trinajstić information content (AvgIpc) is 1.96. The Kier molecular flexibility index (Phi) is 2.32. The van der Waals surface area contributed by atoms with Crippen LogP contribution >= 0.6 is 15.9 Å². The molecule has 64 valence electrons. The molecule has 1 aromatic carbocycles. The van der Waals surface area contributed by atoms with Gasteiger partial charge in [0.1, 0.15) is 5.82 Å². The average molecular weight is 234 g/mol. The van der Waals surface area contributed by atoms with Crippen LogP contribution in [0.4, 0.5) is 10.1 Å². The standard InChI is InChI=1S/C7H5BrFNO2/c8-6-4(7(11)12)1-3(9)2-5(6)10/h1-2H,10H2,(H,11,12). The molecule has 0 radical (unpaired) electrons. The Balaban J connectivity index is 3.37. The Morgan fingerprint density at radius 2 is 2.17 bits per heavy atom. The first-order valence-electron chi connectivity index (χ1n) is 3.00. The van der Waals surface area contributed by atoms with Crippen molar-refractivity contribution in [3.8, 4) is 0 Å². The van der Waals surface area contributed by atoms with Gasteiger partial charge in [0.25, 0.3) is 0 Å². The number of hydrogen-bond donors (Lipinski definition) is 2. The minimum atomic E-state index is -1.21. The van der Waals surface area contributed by atoms with Crippen molar-refractivity contribution in [3.05, 3.63) is 28.0 Å². The van der Waals surface area contributed by atoms with Crippen LogP contribution in [0.1, 0.15) is 10.4 Å². The van der Waals surface area contributed by atoms with Crippen molar-refractivity contribution in [2.75, 3.05) is 5.73 Å². The lowest BCUT2D eigenvalue weighted by molar-refractivity contribution is 0.0695. The van der Waals surface area contributed by atoms with E-state index in [1.807, 2.05) is 0 Å². The Hall–Kier alpha value is -1.10. The monoisotopic (exact) mass is 233 g/mol. The third-order valence-corrected chi connectivity index (χ3v) is 2.18. The molecule has 0 unspecified atom stereocenters. The van der Waals surface area contributed by atoms with Gasteiger partial charge < -0.3 is 10.8 Å². The summed E-state index contributed by atoms with van der Waals surface area (Å²) in [6.07, 6.45) is 0. The van der Waals surface area contributed by atoms with E-state index in [1.165, 1.54) is 0 Å². The van der Waals surface area contributed by atoms with Crippen molar-refractivity contribution >= 4 is 27.6 Å². The lowest BCUT2D eigenvalue weighted by Gasteiger charge is -2.02. The van der Waals surface area contributed by atoms with Crippen LogP contribution in [0.2, 0.25) is 0 Å². The van der Waals surface area contributed by atoms with Crippen molar-refractivity contribution in [1.29, 1.82) is 0 Å². The van der Waals surface area contributed by atoms with Gasteiger partial charge in [0.05, 0.1) is 10.0 Å². The maximum Gasteiger partial charge on any atom is 0.337 e. The van der Waals surface area contributed by atoms with Gasteiger partial charge in [-0.1, -0.05) is 0 Å². The lowest BCUT2D eigenvalue weighted by atomic mass is 10.2. The third-order valence-electron chi connectivity index (χ3n) is 1.30. The zero-order valence-electron chi connectivity index (χ0n) is 5.84. The van der Waals surface area contributed by atoms with Crippen LogP contribution in [0.3, 0.4) is 0 Å². The lowest BCUT2D eigenvalue weighted by Crippen LogP contribution is -2.01. The van der Waals surface area contributed by atoms with Crippen molar-refractivity contribution in [2.45, 2.75) is 0 Å². The van der Waals surface area contributed by atoms with E-state index in [4.69, 9.17) is 10.8 Å². The Labute approximate surface area is 76.1 Å². The highest BCUT2D eigenvalue weighted by molar-refractivity contribution is 9.10. The van der Waals surface area contributed by atoms with Crippen LogP contribution in [0.5, 0.6) is 0 Å². The number of nitrogens with two attached hydrogens (primary N) is 1. The first-order chi connectivity index (χ1) is 5.52. The van der Waals surface area contributed by atoms with Gasteiger partial charge >= 0.3 is 5.97 Å². The van der Waals surface area contributed by atoms with Crippen LogP contribution in [0.15, 0.2) is 16.6 Å². The Morgan fingerprint density at radius 1 is 1.58 bits per heavy atom. The maximum atomic E-state index is 12.6. The van der Waals surface area contributed by atoms with Crippen LogP contribution in [-0.2, 0) is 0 Å². The zero-order chi connectivity index (χ0) is 9.30. The number of benzene rings is 1. The van der Waals surface area contributed by atoms with Crippen molar-refractivity contribution in [1.82, 2.24) is 0 Å². The smallest absolute Gasteiger partial charge is 0.337 e. The first kappa shape index (κ1) is 8.99. The van der Waals surface area contributed by atoms with Gasteiger partial charge in [-0.15, -0.1) is 0 Å². The quantitative estimate of drug-likeness (QED) is 0.729. The molecule has 0 saturated heterocycles. The Bertz CT molecular complexity index is 340. The number of aromatic carboxylic acids is 1. The number of halogens is 2. The van der Waals surface area contributed by atoms with Gasteiger partial charge in [-0.2, -0.15) is 0 Å². The largest absolute Gasteiger partial charge is 0.478 e. The molecule has 3 nitrogen and oxygen atoms in total. The molecule has 0 saturated carbocycles. The minimum absolute atomic E-state index is 0.0763. The summed E-state index contributed by atoms with van der Waals surface area (Å²) in [6.45, 7) is 0. The highest BCUT2D eigenvalue weighted by Gasteiger charge is 2.12. The molecule has 0 atom stereocenters. The molecule has 3 N–H and O–H groups in total. The van der Waals surface area contributed by atoms with Gasteiger partial charge in [0.15, 0.2) is 0 Å². The predicted molar refractivity (Wildman–Crippen MR) is 45.5 cm³/mol. The topological polar surface area (TPSA) is 63.3 Å². The summed E-state index contributed by atoms with van der Waals surface area (Å²) in [5.41, 5.74) is 5.21. The molecular formula is C7H5BrFNO2. The van der Waals surface area contributed by atoms with Crippen LogP contribution in [0.25, 0.3) is 0 Å². The van der Waals surface area contributed by atoms with Crippen LogP contribution < -0.4 is 5.73 Å². The number of anilines is 1. The SMILES string of the molecule is Nc1cc(F)cc(C(=O)O)c1Br. The number of carbonyl (C=O) groups is 1. The summed E-state index contributed by atoms with van der Waals surface area (Å²) in [7, 11) is 0. The molecule has 1 aromatic rings. The Morgan fingerprint density at radius 3 is 2.67 bits per heavy atom. The molecule has 1 rings (SSSR count). The molecule has 0 aliphatic heterocycles. The molecular weight excluding hydrogens is 229 g/mol. The van der Waals surface area contributed by atoms with Gasteiger partial charge in [-0.3, -0.25) is 0 Å². The molecule has 0 aliphatic rings. The van der Waals surface area contributed by atoms with Gasteiger partial charge in [-0.25, -0.2) is 9.18 Å². The molecule has 0 bridgehead atoms. The number of nitrogen functional groups attached to an aromatic ring is 1. The van der Waals surface area contributed by atoms with Crippen molar-refractivity contribution in [2.24, 2.45) is 0 Å². The summed E-state index contributed by atoms with van der Waals surface area (Å²) in [4.78, 5) is 10.5. The summed E-state index contributed by atoms with van der Waals surface area (Å²) in [6, 6.07) is 1.96. The van der Waals surface area contributed by atoms with Gasteiger partial charge in [-0.05, 0) is 28.1 Å². The number of carboxylic acid groups (broad SMARTS) is 1. The summed E-state index contributed by atoms with van der Waals surface area (Å²) < 4.78 is 12.8. The molecule has 12 heavy (non-hydrogen) atoms. The van der Waals surface area contributed by atoms with E-state index in [0.29, 0.717) is 0 Å². The molecule has 0 aromatic heterocycles. The summed E-state index contributed by atoms with van der Waals surface area (Å²) in [5.74, 6) is -1.87. The highest BCUT2D eigenvalue weighted by atomic mass is 79.9. The van der Waals surface area contributed by atoms with E-state index >= 15 is 0 Å². The highest BCUT2D eigenvalue weighted by Crippen LogP contribution is 2.25. The summed E-state index contributed by atoms with van der Waals surface area (Å²) in [5, 5.41) is 8.56. The first-order valence-corrected chi connectivity index (χ1v) is 3.79. The number of carboxylic acids is 1. The van der Waals surface area contributed by atoms with E-state index in [0.717, 1.165) is 12.1 Å². The fraction of sp³-hybridized carbons (Fsp3) is 0. The maximum absolute atomic E-state index is 12.6. The molecule has 0 heterocycles. The fourth-order valence-corrected chi connectivity index (χ4v) is 1.16. The molecule has 0 amide bonds. The normalized spacial score (nSPS) is 9.83. The van der Waals surface area contributed by atoms with E-state index < -0.39 is 11.8 Å². The summed E-state index contributed by atoms with van der Waals surface area (Å²) >= 11 is 2.94. The number of hydrogen-bond acceptors (Lipinski definition) is 2.